The second-order valence-corrected chi connectivity index (χ2v) is 6.79. The minimum absolute atomic E-state index is 0.126. The van der Waals surface area contributed by atoms with Gasteiger partial charge in [-0.15, -0.1) is 0 Å². The Bertz CT molecular complexity index is 684. The molecule has 0 bridgehead atoms. The Balaban J connectivity index is 2.17. The van der Waals surface area contributed by atoms with E-state index >= 15 is 0 Å². The summed E-state index contributed by atoms with van der Waals surface area (Å²) in [4.78, 5) is 0.271. The van der Waals surface area contributed by atoms with Crippen LogP contribution in [0.4, 0.5) is 5.69 Å². The summed E-state index contributed by atoms with van der Waals surface area (Å²) in [6.07, 6.45) is 0.828. The van der Waals surface area contributed by atoms with Crippen LogP contribution in [-0.4, -0.2) is 21.5 Å². The predicted molar refractivity (Wildman–Crippen MR) is 85.9 cm³/mol. The lowest BCUT2D eigenvalue weighted by molar-refractivity contribution is 0.588. The van der Waals surface area contributed by atoms with E-state index in [0.29, 0.717) is 5.69 Å². The molecule has 2 aromatic carbocycles. The van der Waals surface area contributed by atoms with Crippen molar-refractivity contribution in [3.63, 3.8) is 0 Å². The minimum Gasteiger partial charge on any atom is -0.381 e. The molecule has 0 fully saturated rings. The second-order valence-electron chi connectivity index (χ2n) is 4.94. The smallest absolute Gasteiger partial charge is 0.242 e. The molecule has 0 aliphatic carbocycles. The van der Waals surface area contributed by atoms with Gasteiger partial charge in [0.05, 0.1) is 5.69 Å². The van der Waals surface area contributed by atoms with Crippen LogP contribution in [0, 0.1) is 0 Å². The first-order valence-electron chi connectivity index (χ1n) is 6.86. The standard InChI is InChI=1S/C16H20N2O2S/c1-13(12-14-8-4-3-5-9-14)18-15-10-6-7-11-16(15)21(19,20)17-2/h3-11,13,17-18H,12H2,1-2H3. The maximum Gasteiger partial charge on any atom is 0.242 e. The SMILES string of the molecule is CNS(=O)(=O)c1ccccc1NC(C)Cc1ccccc1. The van der Waals surface area contributed by atoms with Gasteiger partial charge < -0.3 is 5.32 Å². The minimum atomic E-state index is -3.46. The summed E-state index contributed by atoms with van der Waals surface area (Å²) in [7, 11) is -2.04. The molecule has 1 unspecified atom stereocenters. The fraction of sp³-hybridized carbons (Fsp3) is 0.250. The van der Waals surface area contributed by atoms with Gasteiger partial charge in [-0.05, 0) is 38.1 Å². The maximum atomic E-state index is 12.0. The molecule has 5 heteroatoms. The molecule has 4 nitrogen and oxygen atoms in total. The largest absolute Gasteiger partial charge is 0.381 e. The van der Waals surface area contributed by atoms with Gasteiger partial charge in [-0.2, -0.15) is 0 Å². The quantitative estimate of drug-likeness (QED) is 0.862. The van der Waals surface area contributed by atoms with Crippen LogP contribution in [-0.2, 0) is 16.4 Å². The molecule has 0 aliphatic heterocycles. The second kappa shape index (κ2) is 6.74. The van der Waals surface area contributed by atoms with E-state index < -0.39 is 10.0 Å². The maximum absolute atomic E-state index is 12.0. The van der Waals surface area contributed by atoms with Crippen LogP contribution >= 0.6 is 0 Å². The zero-order valence-electron chi connectivity index (χ0n) is 12.2. The molecule has 0 spiro atoms. The van der Waals surface area contributed by atoms with Crippen LogP contribution < -0.4 is 10.0 Å². The fourth-order valence-corrected chi connectivity index (χ4v) is 3.11. The van der Waals surface area contributed by atoms with E-state index in [1.54, 1.807) is 18.2 Å². The van der Waals surface area contributed by atoms with Gasteiger partial charge in [-0.3, -0.25) is 0 Å². The lowest BCUT2D eigenvalue weighted by Gasteiger charge is -2.18. The van der Waals surface area contributed by atoms with E-state index in [1.807, 2.05) is 31.2 Å². The Morgan fingerprint density at radius 2 is 1.62 bits per heavy atom. The predicted octanol–water partition coefficient (Wildman–Crippen LogP) is 2.64. The molecular weight excluding hydrogens is 284 g/mol. The molecule has 1 atom stereocenters. The number of benzene rings is 2. The van der Waals surface area contributed by atoms with Crippen LogP contribution in [0.5, 0.6) is 0 Å². The summed E-state index contributed by atoms with van der Waals surface area (Å²) in [5.41, 5.74) is 1.83. The number of hydrogen-bond acceptors (Lipinski definition) is 3. The van der Waals surface area contributed by atoms with Gasteiger partial charge >= 0.3 is 0 Å². The number of rotatable bonds is 6. The van der Waals surface area contributed by atoms with Crippen molar-refractivity contribution in [3.05, 3.63) is 60.2 Å². The normalized spacial score (nSPS) is 12.9. The molecule has 2 aromatic rings. The van der Waals surface area contributed by atoms with E-state index in [9.17, 15) is 8.42 Å². The van der Waals surface area contributed by atoms with Gasteiger partial charge in [0.15, 0.2) is 0 Å². The first-order chi connectivity index (χ1) is 10.0. The molecule has 0 saturated carbocycles. The Kier molecular flexibility index (Phi) is 4.98. The number of anilines is 1. The summed E-state index contributed by atoms with van der Waals surface area (Å²) in [5.74, 6) is 0. The van der Waals surface area contributed by atoms with Crippen molar-refractivity contribution in [2.45, 2.75) is 24.3 Å². The molecule has 21 heavy (non-hydrogen) atoms. The summed E-state index contributed by atoms with van der Waals surface area (Å²) in [6.45, 7) is 2.04. The van der Waals surface area contributed by atoms with E-state index in [-0.39, 0.29) is 10.9 Å². The third-order valence-electron chi connectivity index (χ3n) is 3.23. The molecule has 0 amide bonds. The van der Waals surface area contributed by atoms with Crippen LogP contribution in [0.2, 0.25) is 0 Å². The van der Waals surface area contributed by atoms with Crippen LogP contribution in [0.3, 0.4) is 0 Å². The highest BCUT2D eigenvalue weighted by Gasteiger charge is 2.17. The molecule has 112 valence electrons. The lowest BCUT2D eigenvalue weighted by Crippen LogP contribution is -2.23. The van der Waals surface area contributed by atoms with Gasteiger partial charge in [0.1, 0.15) is 4.90 Å². The Morgan fingerprint density at radius 1 is 1.00 bits per heavy atom. The van der Waals surface area contributed by atoms with Crippen molar-refractivity contribution in [2.24, 2.45) is 0 Å². The van der Waals surface area contributed by atoms with E-state index in [4.69, 9.17) is 0 Å². The van der Waals surface area contributed by atoms with Crippen LogP contribution in [0.1, 0.15) is 12.5 Å². The van der Waals surface area contributed by atoms with Crippen molar-refractivity contribution >= 4 is 15.7 Å². The average Bonchev–Trinajstić information content (AvgIpc) is 2.48. The Hall–Kier alpha value is -1.85. The first kappa shape index (κ1) is 15.5. The van der Waals surface area contributed by atoms with Crippen molar-refractivity contribution in [2.75, 3.05) is 12.4 Å². The fourth-order valence-electron chi connectivity index (χ4n) is 2.21. The van der Waals surface area contributed by atoms with Gasteiger partial charge in [-0.1, -0.05) is 42.5 Å². The van der Waals surface area contributed by atoms with Gasteiger partial charge in [0.2, 0.25) is 10.0 Å². The zero-order valence-corrected chi connectivity index (χ0v) is 13.0. The molecule has 0 heterocycles. The number of nitrogens with one attached hydrogen (secondary N) is 2. The summed E-state index contributed by atoms with van der Waals surface area (Å²) in [5, 5.41) is 3.28. The molecule has 0 saturated heterocycles. The third kappa shape index (κ3) is 4.06. The Labute approximate surface area is 126 Å². The lowest BCUT2D eigenvalue weighted by atomic mass is 10.1. The average molecular weight is 304 g/mol. The van der Waals surface area contributed by atoms with E-state index in [2.05, 4.69) is 22.2 Å². The zero-order chi connectivity index (χ0) is 15.3. The van der Waals surface area contributed by atoms with Gasteiger partial charge in [-0.25, -0.2) is 13.1 Å². The van der Waals surface area contributed by atoms with Crippen molar-refractivity contribution in [1.82, 2.24) is 4.72 Å². The number of para-hydroxylation sites is 1. The molecule has 0 radical (unpaired) electrons. The summed E-state index contributed by atoms with van der Waals surface area (Å²) < 4.78 is 26.4. The molecule has 2 rings (SSSR count). The monoisotopic (exact) mass is 304 g/mol. The first-order valence-corrected chi connectivity index (χ1v) is 8.34. The molecule has 0 aliphatic rings. The van der Waals surface area contributed by atoms with Crippen molar-refractivity contribution in [3.8, 4) is 0 Å². The highest BCUT2D eigenvalue weighted by Crippen LogP contribution is 2.21. The van der Waals surface area contributed by atoms with Crippen molar-refractivity contribution < 1.29 is 8.42 Å². The highest BCUT2D eigenvalue weighted by atomic mass is 32.2. The summed E-state index contributed by atoms with van der Waals surface area (Å²) >= 11 is 0. The molecular formula is C16H20N2O2S. The highest BCUT2D eigenvalue weighted by molar-refractivity contribution is 7.89. The summed E-state index contributed by atoms with van der Waals surface area (Å²) in [6, 6.07) is 17.2. The molecule has 0 aromatic heterocycles. The molecule has 2 N–H and O–H groups in total. The van der Waals surface area contributed by atoms with Crippen LogP contribution in [0.15, 0.2) is 59.5 Å². The van der Waals surface area contributed by atoms with E-state index in [1.165, 1.54) is 12.6 Å². The van der Waals surface area contributed by atoms with E-state index in [0.717, 1.165) is 6.42 Å². The topological polar surface area (TPSA) is 58.2 Å². The van der Waals surface area contributed by atoms with Gasteiger partial charge in [0.25, 0.3) is 0 Å². The van der Waals surface area contributed by atoms with Crippen LogP contribution in [0.25, 0.3) is 0 Å². The number of sulfonamides is 1. The van der Waals surface area contributed by atoms with Crippen molar-refractivity contribution in [1.29, 1.82) is 0 Å². The van der Waals surface area contributed by atoms with Gasteiger partial charge in [0, 0.05) is 6.04 Å². The Morgan fingerprint density at radius 3 is 2.29 bits per heavy atom. The third-order valence-corrected chi connectivity index (χ3v) is 4.70. The number of hydrogen-bond donors (Lipinski definition) is 2.